The molecule has 4 nitrogen and oxygen atoms in total. The van der Waals surface area contributed by atoms with E-state index in [1.165, 1.54) is 17.8 Å². The van der Waals surface area contributed by atoms with Gasteiger partial charge in [-0.1, -0.05) is 6.07 Å². The zero-order chi connectivity index (χ0) is 13.2. The van der Waals surface area contributed by atoms with Gasteiger partial charge in [0, 0.05) is 32.3 Å². The number of piperidine rings is 1. The summed E-state index contributed by atoms with van der Waals surface area (Å²) in [5, 5.41) is 5.15. The Labute approximate surface area is 117 Å². The van der Waals surface area contributed by atoms with Crippen LogP contribution < -0.4 is 5.32 Å². The zero-order valence-electron chi connectivity index (χ0n) is 11.2. The van der Waals surface area contributed by atoms with Crippen LogP contribution >= 0.6 is 11.3 Å². The van der Waals surface area contributed by atoms with Gasteiger partial charge in [-0.05, 0) is 30.2 Å². The highest BCUT2D eigenvalue weighted by molar-refractivity contribution is 7.12. The molecule has 1 aliphatic carbocycles. The number of rotatable bonds is 5. The lowest BCUT2D eigenvalue weighted by atomic mass is 10.0. The summed E-state index contributed by atoms with van der Waals surface area (Å²) in [6, 6.07) is 4.80. The lowest BCUT2D eigenvalue weighted by Gasteiger charge is -2.31. The van der Waals surface area contributed by atoms with Gasteiger partial charge in [-0.3, -0.25) is 9.69 Å². The van der Waals surface area contributed by atoms with Gasteiger partial charge in [-0.2, -0.15) is 0 Å². The zero-order valence-corrected chi connectivity index (χ0v) is 12.0. The molecule has 3 rings (SSSR count). The van der Waals surface area contributed by atoms with Gasteiger partial charge in [0.15, 0.2) is 0 Å². The number of hydrogen-bond donors (Lipinski definition) is 1. The minimum Gasteiger partial charge on any atom is -0.383 e. The molecule has 19 heavy (non-hydrogen) atoms. The molecule has 0 spiro atoms. The number of ether oxygens (including phenoxy) is 1. The van der Waals surface area contributed by atoms with Gasteiger partial charge in [-0.15, -0.1) is 11.3 Å². The summed E-state index contributed by atoms with van der Waals surface area (Å²) >= 11 is 1.51. The molecule has 1 aromatic rings. The monoisotopic (exact) mass is 280 g/mol. The van der Waals surface area contributed by atoms with E-state index in [0.717, 1.165) is 31.0 Å². The number of thiophene rings is 1. The smallest absolute Gasteiger partial charge is 0.261 e. The lowest BCUT2D eigenvalue weighted by Crippen LogP contribution is -2.46. The molecule has 1 saturated heterocycles. The minimum absolute atomic E-state index is 0.0935. The van der Waals surface area contributed by atoms with Gasteiger partial charge in [0.05, 0.1) is 11.5 Å². The average molecular weight is 280 g/mol. The van der Waals surface area contributed by atoms with E-state index in [1.54, 1.807) is 7.11 Å². The Balaban J connectivity index is 1.52. The number of nitrogens with zero attached hydrogens (tertiary/aromatic N) is 1. The summed E-state index contributed by atoms with van der Waals surface area (Å²) in [7, 11) is 1.75. The molecule has 1 aromatic heterocycles. The number of carbonyl (C=O) groups is 1. The first-order chi connectivity index (χ1) is 9.28. The Morgan fingerprint density at radius 2 is 2.47 bits per heavy atom. The molecule has 1 N–H and O–H groups in total. The topological polar surface area (TPSA) is 41.6 Å². The van der Waals surface area contributed by atoms with Crippen LogP contribution in [0, 0.1) is 5.92 Å². The molecule has 2 fully saturated rings. The Kier molecular flexibility index (Phi) is 3.86. The Bertz CT molecular complexity index is 435. The molecule has 0 aromatic carbocycles. The SMILES string of the molecule is COCCN1C[C@H]2C[C@H]1C[C@@H]2NC(=O)c1cccs1. The van der Waals surface area contributed by atoms with Crippen LogP contribution in [0.5, 0.6) is 0 Å². The summed E-state index contributed by atoms with van der Waals surface area (Å²) in [5.41, 5.74) is 0. The second-order valence-corrected chi connectivity index (χ2v) is 6.38. The minimum atomic E-state index is 0.0935. The molecule has 3 atom stereocenters. The molecular formula is C14H20N2O2S. The maximum absolute atomic E-state index is 12.1. The first-order valence-electron chi connectivity index (χ1n) is 6.85. The molecular weight excluding hydrogens is 260 g/mol. The van der Waals surface area contributed by atoms with Crippen LogP contribution in [0.4, 0.5) is 0 Å². The standard InChI is InChI=1S/C14H20N2O2S/c1-18-5-4-16-9-10-7-11(16)8-12(10)15-14(17)13-3-2-6-19-13/h2-3,6,10-12H,4-5,7-9H2,1H3,(H,15,17)/t10-,11+,12+/m1/s1. The van der Waals surface area contributed by atoms with E-state index in [0.29, 0.717) is 18.0 Å². The lowest BCUT2D eigenvalue weighted by molar-refractivity contribution is 0.0888. The number of amides is 1. The van der Waals surface area contributed by atoms with Gasteiger partial charge in [-0.25, -0.2) is 0 Å². The van der Waals surface area contributed by atoms with Crippen molar-refractivity contribution in [3.8, 4) is 0 Å². The molecule has 104 valence electrons. The predicted molar refractivity (Wildman–Crippen MR) is 75.5 cm³/mol. The van der Waals surface area contributed by atoms with Crippen molar-refractivity contribution < 1.29 is 9.53 Å². The van der Waals surface area contributed by atoms with E-state index in [-0.39, 0.29) is 5.91 Å². The van der Waals surface area contributed by atoms with E-state index in [4.69, 9.17) is 4.74 Å². The van der Waals surface area contributed by atoms with Gasteiger partial charge in [0.2, 0.25) is 0 Å². The van der Waals surface area contributed by atoms with Crippen molar-refractivity contribution in [1.82, 2.24) is 10.2 Å². The van der Waals surface area contributed by atoms with Gasteiger partial charge in [0.1, 0.15) is 0 Å². The van der Waals surface area contributed by atoms with Crippen LogP contribution in [0.1, 0.15) is 22.5 Å². The van der Waals surface area contributed by atoms with Gasteiger partial charge in [0.25, 0.3) is 5.91 Å². The van der Waals surface area contributed by atoms with Crippen molar-refractivity contribution in [2.75, 3.05) is 26.8 Å². The fourth-order valence-electron chi connectivity index (χ4n) is 3.35. The first-order valence-corrected chi connectivity index (χ1v) is 7.73. The van der Waals surface area contributed by atoms with Crippen LogP contribution in [-0.2, 0) is 4.74 Å². The number of likely N-dealkylation sites (tertiary alicyclic amines) is 1. The predicted octanol–water partition coefficient (Wildman–Crippen LogP) is 1.59. The molecule has 1 aliphatic heterocycles. The molecule has 2 aliphatic rings. The highest BCUT2D eigenvalue weighted by Crippen LogP contribution is 2.37. The molecule has 0 radical (unpaired) electrons. The molecule has 0 unspecified atom stereocenters. The van der Waals surface area contributed by atoms with Crippen LogP contribution in [0.2, 0.25) is 0 Å². The molecule has 5 heteroatoms. The fourth-order valence-corrected chi connectivity index (χ4v) is 3.98. The summed E-state index contributed by atoms with van der Waals surface area (Å²) in [5.74, 6) is 0.710. The van der Waals surface area contributed by atoms with Crippen LogP contribution in [0.3, 0.4) is 0 Å². The number of methoxy groups -OCH3 is 1. The fraction of sp³-hybridized carbons (Fsp3) is 0.643. The highest BCUT2D eigenvalue weighted by atomic mass is 32.1. The maximum Gasteiger partial charge on any atom is 0.261 e. The summed E-state index contributed by atoms with van der Waals surface area (Å²) in [6.45, 7) is 2.92. The molecule has 2 heterocycles. The van der Waals surface area contributed by atoms with Crippen LogP contribution in [0.25, 0.3) is 0 Å². The normalized spacial score (nSPS) is 29.8. The van der Waals surface area contributed by atoms with Crippen LogP contribution in [0.15, 0.2) is 17.5 Å². The Morgan fingerprint density at radius 1 is 1.58 bits per heavy atom. The van der Waals surface area contributed by atoms with Crippen molar-refractivity contribution in [2.45, 2.75) is 24.9 Å². The maximum atomic E-state index is 12.1. The van der Waals surface area contributed by atoms with Crippen molar-refractivity contribution in [2.24, 2.45) is 5.92 Å². The third-order valence-electron chi connectivity index (χ3n) is 4.30. The van der Waals surface area contributed by atoms with Crippen molar-refractivity contribution >= 4 is 17.2 Å². The summed E-state index contributed by atoms with van der Waals surface area (Å²) < 4.78 is 5.14. The quantitative estimate of drug-likeness (QED) is 0.890. The second kappa shape index (κ2) is 5.61. The Morgan fingerprint density at radius 3 is 3.11 bits per heavy atom. The molecule has 1 amide bonds. The van der Waals surface area contributed by atoms with Gasteiger partial charge >= 0.3 is 0 Å². The van der Waals surface area contributed by atoms with E-state index < -0.39 is 0 Å². The average Bonchev–Trinajstić information content (AvgIpc) is 3.12. The first kappa shape index (κ1) is 13.1. The third-order valence-corrected chi connectivity index (χ3v) is 5.17. The van der Waals surface area contributed by atoms with E-state index in [1.807, 2.05) is 17.5 Å². The van der Waals surface area contributed by atoms with E-state index >= 15 is 0 Å². The van der Waals surface area contributed by atoms with Crippen LogP contribution in [-0.4, -0.2) is 49.7 Å². The van der Waals surface area contributed by atoms with Crippen molar-refractivity contribution in [1.29, 1.82) is 0 Å². The van der Waals surface area contributed by atoms with Crippen molar-refractivity contribution in [3.63, 3.8) is 0 Å². The summed E-state index contributed by atoms with van der Waals surface area (Å²) in [6.07, 6.45) is 2.31. The number of hydrogen-bond acceptors (Lipinski definition) is 4. The summed E-state index contributed by atoms with van der Waals surface area (Å²) in [4.78, 5) is 15.4. The second-order valence-electron chi connectivity index (χ2n) is 5.43. The third kappa shape index (κ3) is 2.68. The number of fused-ring (bicyclic) bond motifs is 2. The number of nitrogens with one attached hydrogen (secondary N) is 1. The van der Waals surface area contributed by atoms with E-state index in [2.05, 4.69) is 10.2 Å². The highest BCUT2D eigenvalue weighted by Gasteiger charge is 2.44. The number of carbonyl (C=O) groups excluding carboxylic acids is 1. The largest absolute Gasteiger partial charge is 0.383 e. The van der Waals surface area contributed by atoms with Gasteiger partial charge < -0.3 is 10.1 Å². The Hall–Kier alpha value is -0.910. The molecule has 2 bridgehead atoms. The van der Waals surface area contributed by atoms with E-state index in [9.17, 15) is 4.79 Å². The van der Waals surface area contributed by atoms with Crippen molar-refractivity contribution in [3.05, 3.63) is 22.4 Å². The molecule has 1 saturated carbocycles.